The average Bonchev–Trinajstić information content (AvgIpc) is 2.41. The Morgan fingerprint density at radius 1 is 1.32 bits per heavy atom. The maximum Gasteiger partial charge on any atom is 0.337 e. The van der Waals surface area contributed by atoms with Crippen LogP contribution in [0.3, 0.4) is 0 Å². The molecule has 0 saturated carbocycles. The standard InChI is InChI=1S/C12H10ClNO5/c13-8-3-1-2-7(12(16)17)10(8)14-11(15)9-6-18-4-5-19-9/h1-3,6H,4-5H2,(H,14,15)(H,16,17). The summed E-state index contributed by atoms with van der Waals surface area (Å²) in [4.78, 5) is 22.9. The molecule has 1 amide bonds. The number of ether oxygens (including phenoxy) is 2. The van der Waals surface area contributed by atoms with Gasteiger partial charge in [-0.1, -0.05) is 17.7 Å². The summed E-state index contributed by atoms with van der Waals surface area (Å²) in [7, 11) is 0. The molecule has 0 aliphatic carbocycles. The Labute approximate surface area is 113 Å². The van der Waals surface area contributed by atoms with E-state index in [0.29, 0.717) is 6.61 Å². The Kier molecular flexibility index (Phi) is 3.91. The predicted molar refractivity (Wildman–Crippen MR) is 67.0 cm³/mol. The van der Waals surface area contributed by atoms with Crippen molar-refractivity contribution in [1.82, 2.24) is 0 Å². The number of aromatic carboxylic acids is 1. The first kappa shape index (κ1) is 13.2. The van der Waals surface area contributed by atoms with Gasteiger partial charge in [0.25, 0.3) is 5.91 Å². The molecule has 0 radical (unpaired) electrons. The van der Waals surface area contributed by atoms with E-state index in [2.05, 4.69) is 5.32 Å². The van der Waals surface area contributed by atoms with Gasteiger partial charge in [-0.05, 0) is 12.1 Å². The van der Waals surface area contributed by atoms with Crippen molar-refractivity contribution in [3.05, 3.63) is 40.8 Å². The minimum absolute atomic E-state index is 0.0248. The van der Waals surface area contributed by atoms with Gasteiger partial charge in [0.2, 0.25) is 5.76 Å². The van der Waals surface area contributed by atoms with Crippen LogP contribution in [-0.4, -0.2) is 30.2 Å². The van der Waals surface area contributed by atoms with Gasteiger partial charge in [-0.25, -0.2) is 4.79 Å². The summed E-state index contributed by atoms with van der Waals surface area (Å²) in [6.07, 6.45) is 1.18. The smallest absolute Gasteiger partial charge is 0.337 e. The van der Waals surface area contributed by atoms with E-state index >= 15 is 0 Å². The molecule has 19 heavy (non-hydrogen) atoms. The van der Waals surface area contributed by atoms with Gasteiger partial charge in [0.15, 0.2) is 0 Å². The van der Waals surface area contributed by atoms with Crippen LogP contribution in [-0.2, 0) is 14.3 Å². The van der Waals surface area contributed by atoms with Gasteiger partial charge < -0.3 is 19.9 Å². The largest absolute Gasteiger partial charge is 0.494 e. The zero-order chi connectivity index (χ0) is 13.8. The van der Waals surface area contributed by atoms with Crippen molar-refractivity contribution in [3.8, 4) is 0 Å². The van der Waals surface area contributed by atoms with E-state index in [-0.39, 0.29) is 28.6 Å². The number of benzene rings is 1. The van der Waals surface area contributed by atoms with Crippen LogP contribution < -0.4 is 5.32 Å². The van der Waals surface area contributed by atoms with Crippen molar-refractivity contribution in [2.75, 3.05) is 18.5 Å². The first-order chi connectivity index (χ1) is 9.09. The Hall–Kier alpha value is -2.21. The van der Waals surface area contributed by atoms with Crippen molar-refractivity contribution in [3.63, 3.8) is 0 Å². The first-order valence-electron chi connectivity index (χ1n) is 5.37. The average molecular weight is 284 g/mol. The van der Waals surface area contributed by atoms with E-state index in [9.17, 15) is 9.59 Å². The van der Waals surface area contributed by atoms with E-state index in [1.807, 2.05) is 0 Å². The molecule has 0 bridgehead atoms. The summed E-state index contributed by atoms with van der Waals surface area (Å²) in [5.41, 5.74) is -0.0742. The van der Waals surface area contributed by atoms with Crippen LogP contribution in [0.15, 0.2) is 30.2 Å². The number of amides is 1. The van der Waals surface area contributed by atoms with E-state index in [0.717, 1.165) is 0 Å². The highest BCUT2D eigenvalue weighted by Gasteiger charge is 2.20. The highest BCUT2D eigenvalue weighted by atomic mass is 35.5. The lowest BCUT2D eigenvalue weighted by molar-refractivity contribution is -0.117. The molecule has 6 nitrogen and oxygen atoms in total. The molecular weight excluding hydrogens is 274 g/mol. The molecule has 1 aromatic carbocycles. The number of nitrogens with one attached hydrogen (secondary N) is 1. The van der Waals surface area contributed by atoms with Crippen LogP contribution >= 0.6 is 11.6 Å². The van der Waals surface area contributed by atoms with E-state index in [1.54, 1.807) is 0 Å². The lowest BCUT2D eigenvalue weighted by Crippen LogP contribution is -2.22. The molecule has 1 aliphatic rings. The van der Waals surface area contributed by atoms with Crippen LogP contribution in [0.25, 0.3) is 0 Å². The third kappa shape index (κ3) is 2.97. The molecule has 2 rings (SSSR count). The monoisotopic (exact) mass is 283 g/mol. The number of hydrogen-bond donors (Lipinski definition) is 2. The lowest BCUT2D eigenvalue weighted by atomic mass is 10.1. The number of carboxylic acid groups (broad SMARTS) is 1. The summed E-state index contributed by atoms with van der Waals surface area (Å²) >= 11 is 5.89. The second-order valence-corrected chi connectivity index (χ2v) is 4.03. The third-order valence-corrected chi connectivity index (χ3v) is 2.67. The number of anilines is 1. The first-order valence-corrected chi connectivity index (χ1v) is 5.75. The molecule has 7 heteroatoms. The van der Waals surface area contributed by atoms with Gasteiger partial charge in [0.1, 0.15) is 19.5 Å². The zero-order valence-electron chi connectivity index (χ0n) is 9.68. The molecule has 1 heterocycles. The highest BCUT2D eigenvalue weighted by Crippen LogP contribution is 2.26. The quantitative estimate of drug-likeness (QED) is 0.884. The fraction of sp³-hybridized carbons (Fsp3) is 0.167. The SMILES string of the molecule is O=C(Nc1c(Cl)cccc1C(=O)O)C1=COCCO1. The topological polar surface area (TPSA) is 84.9 Å². The molecule has 0 unspecified atom stereocenters. The van der Waals surface area contributed by atoms with Crippen LogP contribution in [0, 0.1) is 0 Å². The summed E-state index contributed by atoms with van der Waals surface area (Å²) in [6, 6.07) is 4.31. The van der Waals surface area contributed by atoms with E-state index < -0.39 is 11.9 Å². The summed E-state index contributed by atoms with van der Waals surface area (Å²) < 4.78 is 10.0. The summed E-state index contributed by atoms with van der Waals surface area (Å²) in [6.45, 7) is 0.622. The maximum absolute atomic E-state index is 11.9. The molecule has 1 aliphatic heterocycles. The fourth-order valence-electron chi connectivity index (χ4n) is 1.49. The number of hydrogen-bond acceptors (Lipinski definition) is 4. The second-order valence-electron chi connectivity index (χ2n) is 3.62. The highest BCUT2D eigenvalue weighted by molar-refractivity contribution is 6.34. The van der Waals surface area contributed by atoms with Crippen molar-refractivity contribution in [1.29, 1.82) is 0 Å². The van der Waals surface area contributed by atoms with Crippen molar-refractivity contribution in [2.24, 2.45) is 0 Å². The number of carboxylic acids is 1. The number of para-hydroxylation sites is 1. The van der Waals surface area contributed by atoms with Crippen LogP contribution in [0.1, 0.15) is 10.4 Å². The number of carbonyl (C=O) groups excluding carboxylic acids is 1. The molecular formula is C12H10ClNO5. The van der Waals surface area contributed by atoms with Gasteiger partial charge in [-0.15, -0.1) is 0 Å². The summed E-state index contributed by atoms with van der Waals surface area (Å²) in [5, 5.41) is 11.6. The normalized spacial score (nSPS) is 13.8. The van der Waals surface area contributed by atoms with Crippen molar-refractivity contribution < 1.29 is 24.2 Å². The van der Waals surface area contributed by atoms with Crippen molar-refractivity contribution >= 4 is 29.2 Å². The minimum Gasteiger partial charge on any atom is -0.494 e. The summed E-state index contributed by atoms with van der Waals surface area (Å²) in [5.74, 6) is -1.83. The molecule has 0 aromatic heterocycles. The Morgan fingerprint density at radius 2 is 2.11 bits per heavy atom. The van der Waals surface area contributed by atoms with Crippen LogP contribution in [0.4, 0.5) is 5.69 Å². The van der Waals surface area contributed by atoms with Gasteiger partial charge in [0.05, 0.1) is 16.3 Å². The van der Waals surface area contributed by atoms with Crippen LogP contribution in [0.5, 0.6) is 0 Å². The molecule has 0 saturated heterocycles. The van der Waals surface area contributed by atoms with Crippen LogP contribution in [0.2, 0.25) is 5.02 Å². The molecule has 1 aromatic rings. The van der Waals surface area contributed by atoms with Crippen molar-refractivity contribution in [2.45, 2.75) is 0 Å². The zero-order valence-corrected chi connectivity index (χ0v) is 10.4. The molecule has 0 fully saturated rings. The fourth-order valence-corrected chi connectivity index (χ4v) is 1.71. The molecule has 2 N–H and O–H groups in total. The maximum atomic E-state index is 11.9. The Bertz CT molecular complexity index is 555. The number of carbonyl (C=O) groups is 2. The second kappa shape index (κ2) is 5.62. The predicted octanol–water partition coefficient (Wildman–Crippen LogP) is 1.86. The molecule has 100 valence electrons. The Balaban J connectivity index is 2.25. The minimum atomic E-state index is -1.19. The van der Waals surface area contributed by atoms with E-state index in [1.165, 1.54) is 24.5 Å². The third-order valence-electron chi connectivity index (χ3n) is 2.36. The lowest BCUT2D eigenvalue weighted by Gasteiger charge is -2.16. The molecule has 0 spiro atoms. The van der Waals surface area contributed by atoms with Gasteiger partial charge in [-0.3, -0.25) is 4.79 Å². The Morgan fingerprint density at radius 3 is 2.74 bits per heavy atom. The van der Waals surface area contributed by atoms with Gasteiger partial charge in [-0.2, -0.15) is 0 Å². The van der Waals surface area contributed by atoms with E-state index in [4.69, 9.17) is 26.2 Å². The van der Waals surface area contributed by atoms with Gasteiger partial charge in [0, 0.05) is 0 Å². The number of rotatable bonds is 3. The molecule has 0 atom stereocenters. The number of halogens is 1. The van der Waals surface area contributed by atoms with Gasteiger partial charge >= 0.3 is 5.97 Å².